The third-order valence-corrected chi connectivity index (χ3v) is 4.85. The average molecular weight is 319 g/mol. The fourth-order valence-electron chi connectivity index (χ4n) is 2.41. The third-order valence-electron chi connectivity index (χ3n) is 3.42. The maximum absolute atomic E-state index is 12.4. The van der Waals surface area contributed by atoms with Crippen LogP contribution in [-0.2, 0) is 16.4 Å². The van der Waals surface area contributed by atoms with Gasteiger partial charge in [-0.3, -0.25) is 14.8 Å². The van der Waals surface area contributed by atoms with E-state index in [1.54, 1.807) is 18.2 Å². The minimum atomic E-state index is -4.02. The van der Waals surface area contributed by atoms with Gasteiger partial charge in [0.2, 0.25) is 0 Å². The zero-order valence-electron chi connectivity index (χ0n) is 11.4. The quantitative estimate of drug-likeness (QED) is 0.665. The average Bonchev–Trinajstić information content (AvgIpc) is 2.94. The van der Waals surface area contributed by atoms with Crippen LogP contribution in [0.15, 0.2) is 47.4 Å². The number of rotatable bonds is 4. The van der Waals surface area contributed by atoms with Crippen LogP contribution in [0.5, 0.6) is 0 Å². The van der Waals surface area contributed by atoms with Crippen molar-refractivity contribution in [3.05, 3.63) is 58.1 Å². The Kier molecular flexibility index (Phi) is 3.45. The minimum Gasteiger partial charge on any atom is -0.384 e. The summed E-state index contributed by atoms with van der Waals surface area (Å²) in [5.41, 5.74) is 1.94. The number of fused-ring (bicyclic) bond motifs is 1. The SMILES string of the molecule is O=[N+]([O-])c1ccccc1S(=O)(=O)Nc1ccc2c(c1)CCN2. The van der Waals surface area contributed by atoms with Gasteiger partial charge in [-0.05, 0) is 36.2 Å². The first kappa shape index (κ1) is 14.3. The summed E-state index contributed by atoms with van der Waals surface area (Å²) in [6.45, 7) is 0.815. The molecule has 0 amide bonds. The van der Waals surface area contributed by atoms with Gasteiger partial charge < -0.3 is 5.32 Å². The molecule has 114 valence electrons. The molecule has 1 aliphatic rings. The molecule has 1 heterocycles. The molecular weight excluding hydrogens is 306 g/mol. The fraction of sp³-hybridized carbons (Fsp3) is 0.143. The van der Waals surface area contributed by atoms with Crippen LogP contribution >= 0.6 is 0 Å². The van der Waals surface area contributed by atoms with E-state index >= 15 is 0 Å². The Morgan fingerprint density at radius 2 is 1.95 bits per heavy atom. The maximum atomic E-state index is 12.4. The molecule has 1 aliphatic heterocycles. The summed E-state index contributed by atoms with van der Waals surface area (Å²) in [4.78, 5) is 9.92. The second kappa shape index (κ2) is 5.30. The van der Waals surface area contributed by atoms with Gasteiger partial charge in [-0.2, -0.15) is 0 Å². The van der Waals surface area contributed by atoms with E-state index in [1.165, 1.54) is 24.3 Å². The Hall–Kier alpha value is -2.61. The molecule has 0 saturated carbocycles. The van der Waals surface area contributed by atoms with Crippen molar-refractivity contribution in [3.8, 4) is 0 Å². The first-order valence-electron chi connectivity index (χ1n) is 6.60. The van der Waals surface area contributed by atoms with Gasteiger partial charge in [0.1, 0.15) is 0 Å². The van der Waals surface area contributed by atoms with E-state index in [4.69, 9.17) is 0 Å². The molecule has 0 unspecified atom stereocenters. The van der Waals surface area contributed by atoms with Crippen molar-refractivity contribution in [2.24, 2.45) is 0 Å². The second-order valence-corrected chi connectivity index (χ2v) is 6.53. The summed E-state index contributed by atoms with van der Waals surface area (Å²) in [6.07, 6.45) is 0.816. The molecule has 3 rings (SSSR count). The molecule has 2 aromatic rings. The van der Waals surface area contributed by atoms with Crippen molar-refractivity contribution in [2.45, 2.75) is 11.3 Å². The number of nitrogens with zero attached hydrogens (tertiary/aromatic N) is 1. The number of sulfonamides is 1. The van der Waals surface area contributed by atoms with Gasteiger partial charge in [-0.15, -0.1) is 0 Å². The first-order chi connectivity index (χ1) is 10.5. The van der Waals surface area contributed by atoms with Gasteiger partial charge in [-0.1, -0.05) is 12.1 Å². The molecule has 0 fully saturated rings. The summed E-state index contributed by atoms with van der Waals surface area (Å²) in [5.74, 6) is 0. The summed E-state index contributed by atoms with van der Waals surface area (Å²) < 4.78 is 27.2. The standard InChI is InChI=1S/C14H13N3O4S/c18-17(19)13-3-1-2-4-14(13)22(20,21)16-11-5-6-12-10(9-11)7-8-15-12/h1-6,9,15-16H,7-8H2. The Morgan fingerprint density at radius 1 is 1.18 bits per heavy atom. The van der Waals surface area contributed by atoms with Crippen LogP contribution in [-0.4, -0.2) is 19.9 Å². The Balaban J connectivity index is 1.96. The molecule has 0 spiro atoms. The van der Waals surface area contributed by atoms with Crippen molar-refractivity contribution >= 4 is 27.1 Å². The summed E-state index contributed by atoms with van der Waals surface area (Å²) >= 11 is 0. The minimum absolute atomic E-state index is 0.348. The summed E-state index contributed by atoms with van der Waals surface area (Å²) in [5, 5.41) is 14.2. The van der Waals surface area contributed by atoms with Crippen molar-refractivity contribution in [1.82, 2.24) is 0 Å². The number of nitrogens with one attached hydrogen (secondary N) is 2. The van der Waals surface area contributed by atoms with Crippen LogP contribution in [0.25, 0.3) is 0 Å². The number of hydrogen-bond acceptors (Lipinski definition) is 5. The number of nitro groups is 1. The third kappa shape index (κ3) is 2.60. The lowest BCUT2D eigenvalue weighted by Gasteiger charge is -2.09. The molecule has 0 atom stereocenters. The van der Waals surface area contributed by atoms with Crippen LogP contribution in [0.2, 0.25) is 0 Å². The lowest BCUT2D eigenvalue weighted by atomic mass is 10.1. The van der Waals surface area contributed by atoms with E-state index in [-0.39, 0.29) is 4.90 Å². The van der Waals surface area contributed by atoms with E-state index in [2.05, 4.69) is 10.0 Å². The highest BCUT2D eigenvalue weighted by atomic mass is 32.2. The molecule has 8 heteroatoms. The molecule has 22 heavy (non-hydrogen) atoms. The zero-order chi connectivity index (χ0) is 15.7. The Morgan fingerprint density at radius 3 is 2.73 bits per heavy atom. The number of para-hydroxylation sites is 1. The lowest BCUT2D eigenvalue weighted by Crippen LogP contribution is -2.14. The maximum Gasteiger partial charge on any atom is 0.289 e. The highest BCUT2D eigenvalue weighted by Gasteiger charge is 2.25. The van der Waals surface area contributed by atoms with Crippen molar-refractivity contribution in [2.75, 3.05) is 16.6 Å². The van der Waals surface area contributed by atoms with Gasteiger partial charge in [0.05, 0.1) is 4.92 Å². The lowest BCUT2D eigenvalue weighted by molar-refractivity contribution is -0.387. The van der Waals surface area contributed by atoms with Gasteiger partial charge >= 0.3 is 0 Å². The normalized spacial score (nSPS) is 13.3. The van der Waals surface area contributed by atoms with Crippen molar-refractivity contribution < 1.29 is 13.3 Å². The van der Waals surface area contributed by atoms with Crippen LogP contribution in [0.1, 0.15) is 5.56 Å². The monoisotopic (exact) mass is 319 g/mol. The number of hydrogen-bond donors (Lipinski definition) is 2. The van der Waals surface area contributed by atoms with Gasteiger partial charge in [-0.25, -0.2) is 8.42 Å². The van der Waals surface area contributed by atoms with Gasteiger partial charge in [0.25, 0.3) is 15.7 Å². The fourth-order valence-corrected chi connectivity index (χ4v) is 3.64. The zero-order valence-corrected chi connectivity index (χ0v) is 12.3. The van der Waals surface area contributed by atoms with Gasteiger partial charge in [0, 0.05) is 24.0 Å². The van der Waals surface area contributed by atoms with E-state index < -0.39 is 20.6 Å². The Labute approximate surface area is 127 Å². The van der Waals surface area contributed by atoms with Crippen LogP contribution < -0.4 is 10.0 Å². The predicted octanol–water partition coefficient (Wildman–Crippen LogP) is 2.36. The van der Waals surface area contributed by atoms with Crippen molar-refractivity contribution in [1.29, 1.82) is 0 Å². The second-order valence-electron chi connectivity index (χ2n) is 4.88. The predicted molar refractivity (Wildman–Crippen MR) is 82.5 cm³/mol. The number of benzene rings is 2. The first-order valence-corrected chi connectivity index (χ1v) is 8.09. The molecule has 2 aromatic carbocycles. The molecule has 2 N–H and O–H groups in total. The number of nitro benzene ring substituents is 1. The Bertz CT molecular complexity index is 849. The number of anilines is 2. The molecule has 0 aromatic heterocycles. The summed E-state index contributed by atoms with van der Waals surface area (Å²) in [6, 6.07) is 10.4. The summed E-state index contributed by atoms with van der Waals surface area (Å²) in [7, 11) is -4.02. The highest BCUT2D eigenvalue weighted by molar-refractivity contribution is 7.92. The van der Waals surface area contributed by atoms with E-state index in [1.807, 2.05) is 0 Å². The molecular formula is C14H13N3O4S. The van der Waals surface area contributed by atoms with Crippen LogP contribution in [0.3, 0.4) is 0 Å². The molecule has 7 nitrogen and oxygen atoms in total. The van der Waals surface area contributed by atoms with E-state index in [0.29, 0.717) is 5.69 Å². The van der Waals surface area contributed by atoms with E-state index in [0.717, 1.165) is 24.2 Å². The van der Waals surface area contributed by atoms with Crippen LogP contribution in [0.4, 0.5) is 17.1 Å². The highest BCUT2D eigenvalue weighted by Crippen LogP contribution is 2.28. The van der Waals surface area contributed by atoms with E-state index in [9.17, 15) is 18.5 Å². The largest absolute Gasteiger partial charge is 0.384 e. The molecule has 0 radical (unpaired) electrons. The van der Waals surface area contributed by atoms with Gasteiger partial charge in [0.15, 0.2) is 4.90 Å². The molecule has 0 saturated heterocycles. The molecule has 0 aliphatic carbocycles. The van der Waals surface area contributed by atoms with Crippen LogP contribution in [0, 0.1) is 10.1 Å². The molecule has 0 bridgehead atoms. The smallest absolute Gasteiger partial charge is 0.289 e. The van der Waals surface area contributed by atoms with Crippen molar-refractivity contribution in [3.63, 3.8) is 0 Å². The topological polar surface area (TPSA) is 101 Å².